The van der Waals surface area contributed by atoms with Crippen molar-refractivity contribution in [1.29, 1.82) is 0 Å². The van der Waals surface area contributed by atoms with Crippen molar-refractivity contribution < 1.29 is 52.5 Å². The number of hydrogen-bond donors (Lipinski definition) is 5. The highest BCUT2D eigenvalue weighted by atomic mass is 127. The fourth-order valence-corrected chi connectivity index (χ4v) is 9.38. The zero-order valence-electron chi connectivity index (χ0n) is 34.8. The van der Waals surface area contributed by atoms with Gasteiger partial charge >= 0.3 is 5.97 Å². The van der Waals surface area contributed by atoms with Gasteiger partial charge in [-0.2, -0.15) is 0 Å². The lowest BCUT2D eigenvalue weighted by molar-refractivity contribution is -0.136. The van der Waals surface area contributed by atoms with Gasteiger partial charge in [-0.1, -0.05) is 12.1 Å². The predicted molar refractivity (Wildman–Crippen MR) is 272 cm³/mol. The molecule has 0 saturated carbocycles. The summed E-state index contributed by atoms with van der Waals surface area (Å²) in [5.41, 5.74) is 12.5. The number of carbonyl (C=O) groups is 1. The molecule has 7 N–H and O–H groups in total. The van der Waals surface area contributed by atoms with Crippen LogP contribution in [0.3, 0.4) is 0 Å². The molecular weight excluding hydrogens is 1260 g/mol. The Balaban J connectivity index is 1.01. The van der Waals surface area contributed by atoms with Crippen molar-refractivity contribution in [2.45, 2.75) is 25.8 Å². The van der Waals surface area contributed by atoms with Crippen LogP contribution in [0.15, 0.2) is 53.5 Å². The van der Waals surface area contributed by atoms with E-state index in [1.165, 1.54) is 0 Å². The van der Waals surface area contributed by atoms with Crippen molar-refractivity contribution in [3.63, 3.8) is 0 Å². The Hall–Kier alpha value is -1.60. The second kappa shape index (κ2) is 34.7. The van der Waals surface area contributed by atoms with Crippen LogP contribution in [0.2, 0.25) is 0 Å². The third kappa shape index (κ3) is 25.8. The highest BCUT2D eigenvalue weighted by molar-refractivity contribution is 14.1. The molecule has 0 bridgehead atoms. The molecule has 3 aromatic rings. The van der Waals surface area contributed by atoms with E-state index in [0.717, 1.165) is 81.7 Å². The standard InChI is InChI=1S/C42H59I4N5O11/c43-35-25-32(27-39(52)53)26-36(44)41(35)62-34-28-37(45)40(38(46)29-34)61-11-2-9-49-7-1-8-50-10-12-54-13-14-55-15-16-56-17-18-57-19-20-58-21-22-59-23-24-60-33-5-3-31(4-6-33)30-51-42(47)48/h3-6,25-26,28-29,49-50H,1-2,7-24,27,30H2,(H,52,53)(H4,47,48,51). The molecule has 0 radical (unpaired) electrons. The molecule has 3 aromatic carbocycles. The number of nitrogens with one attached hydrogen (secondary N) is 2. The number of halogens is 4. The Kier molecular flexibility index (Phi) is 30.6. The third-order valence-electron chi connectivity index (χ3n) is 8.20. The molecule has 16 nitrogen and oxygen atoms in total. The number of hydrogen-bond acceptors (Lipinski definition) is 13. The van der Waals surface area contributed by atoms with Crippen molar-refractivity contribution >= 4 is 102 Å². The molecule has 3 rings (SSSR count). The molecule has 0 unspecified atom stereocenters. The van der Waals surface area contributed by atoms with Crippen molar-refractivity contribution in [2.75, 3.05) is 119 Å². The van der Waals surface area contributed by atoms with Crippen LogP contribution >= 0.6 is 90.4 Å². The molecule has 0 saturated heterocycles. The fourth-order valence-electron chi connectivity index (χ4n) is 5.24. The van der Waals surface area contributed by atoms with Crippen molar-refractivity contribution in [1.82, 2.24) is 10.6 Å². The van der Waals surface area contributed by atoms with E-state index in [-0.39, 0.29) is 12.4 Å². The predicted octanol–water partition coefficient (Wildman–Crippen LogP) is 5.81. The number of aliphatic imine (C=N–C) groups is 1. The van der Waals surface area contributed by atoms with E-state index >= 15 is 0 Å². The number of guanidine groups is 1. The molecular formula is C42H59I4N5O11. The first-order valence-electron chi connectivity index (χ1n) is 20.3. The van der Waals surface area contributed by atoms with Crippen molar-refractivity contribution in [2.24, 2.45) is 16.5 Å². The van der Waals surface area contributed by atoms with E-state index in [1.807, 2.05) is 48.5 Å². The van der Waals surface area contributed by atoms with E-state index in [9.17, 15) is 4.79 Å². The zero-order valence-corrected chi connectivity index (χ0v) is 43.4. The monoisotopic (exact) mass is 1320 g/mol. The smallest absolute Gasteiger partial charge is 0.307 e. The number of carboxylic acids is 1. The van der Waals surface area contributed by atoms with Gasteiger partial charge in [0.2, 0.25) is 0 Å². The van der Waals surface area contributed by atoms with Gasteiger partial charge in [-0.25, -0.2) is 4.99 Å². The SMILES string of the molecule is NC(N)=NCc1ccc(OCCOCCOCCOCCOCCOCCOCCNCCCNCCCOc2c(I)cc(Oc3c(I)cc(CC(=O)O)cc3I)cc2I)cc1. The Morgan fingerprint density at radius 2 is 1.00 bits per heavy atom. The summed E-state index contributed by atoms with van der Waals surface area (Å²) in [6.45, 7) is 11.2. The number of carboxylic acid groups (broad SMARTS) is 1. The number of benzene rings is 3. The molecule has 20 heteroatoms. The average Bonchev–Trinajstić information content (AvgIpc) is 3.23. The van der Waals surface area contributed by atoms with Crippen LogP contribution in [0.25, 0.3) is 0 Å². The van der Waals surface area contributed by atoms with Crippen LogP contribution in [0, 0.1) is 14.3 Å². The first-order valence-corrected chi connectivity index (χ1v) is 24.6. The summed E-state index contributed by atoms with van der Waals surface area (Å²) < 4.78 is 55.0. The lowest BCUT2D eigenvalue weighted by Crippen LogP contribution is -2.26. The summed E-state index contributed by atoms with van der Waals surface area (Å²) in [5, 5.41) is 16.0. The minimum atomic E-state index is -0.857. The molecule has 0 aliphatic heterocycles. The Morgan fingerprint density at radius 1 is 0.532 bits per heavy atom. The molecule has 0 fully saturated rings. The summed E-state index contributed by atoms with van der Waals surface area (Å²) >= 11 is 8.91. The summed E-state index contributed by atoms with van der Waals surface area (Å²) in [6.07, 6.45) is 1.90. The lowest BCUT2D eigenvalue weighted by atomic mass is 10.1. The molecule has 346 valence electrons. The van der Waals surface area contributed by atoms with Gasteiger partial charge in [-0.3, -0.25) is 4.79 Å². The Morgan fingerprint density at radius 3 is 1.52 bits per heavy atom. The molecule has 0 aromatic heterocycles. The molecule has 62 heavy (non-hydrogen) atoms. The normalized spacial score (nSPS) is 11.2. The molecule has 0 spiro atoms. The zero-order chi connectivity index (χ0) is 44.6. The second-order valence-electron chi connectivity index (χ2n) is 13.2. The molecule has 0 aliphatic rings. The van der Waals surface area contributed by atoms with E-state index in [2.05, 4.69) is 106 Å². The van der Waals surface area contributed by atoms with Crippen LogP contribution in [-0.2, 0) is 46.2 Å². The maximum Gasteiger partial charge on any atom is 0.307 e. The minimum Gasteiger partial charge on any atom is -0.491 e. The van der Waals surface area contributed by atoms with Crippen LogP contribution in [0.5, 0.6) is 23.0 Å². The average molecular weight is 1320 g/mol. The molecule has 0 aliphatic carbocycles. The highest BCUT2D eigenvalue weighted by Crippen LogP contribution is 2.37. The van der Waals surface area contributed by atoms with Gasteiger partial charge in [-0.05, 0) is 170 Å². The highest BCUT2D eigenvalue weighted by Gasteiger charge is 2.15. The number of nitrogens with two attached hydrogens (primary N) is 2. The van der Waals surface area contributed by atoms with Crippen LogP contribution in [0.4, 0.5) is 0 Å². The molecule has 0 atom stereocenters. The Labute approximate surface area is 419 Å². The number of rotatable bonds is 37. The van der Waals surface area contributed by atoms with Gasteiger partial charge in [0.15, 0.2) is 11.7 Å². The molecule has 0 amide bonds. The minimum absolute atomic E-state index is 0.0198. The summed E-state index contributed by atoms with van der Waals surface area (Å²) in [6, 6.07) is 15.2. The van der Waals surface area contributed by atoms with Gasteiger partial charge in [0.1, 0.15) is 23.9 Å². The largest absolute Gasteiger partial charge is 0.491 e. The van der Waals surface area contributed by atoms with Crippen molar-refractivity contribution in [3.8, 4) is 23.0 Å². The van der Waals surface area contributed by atoms with Crippen LogP contribution < -0.4 is 36.3 Å². The number of ether oxygens (including phenoxy) is 9. The maximum absolute atomic E-state index is 11.1. The van der Waals surface area contributed by atoms with E-state index in [0.29, 0.717) is 105 Å². The Bertz CT molecular complexity index is 1680. The van der Waals surface area contributed by atoms with Gasteiger partial charge in [0, 0.05) is 6.54 Å². The summed E-state index contributed by atoms with van der Waals surface area (Å²) in [7, 11) is 0. The molecule has 0 heterocycles. The second-order valence-corrected chi connectivity index (χ2v) is 17.9. The van der Waals surface area contributed by atoms with E-state index < -0.39 is 5.97 Å². The van der Waals surface area contributed by atoms with Gasteiger partial charge in [0.25, 0.3) is 0 Å². The van der Waals surface area contributed by atoms with Gasteiger partial charge in [-0.15, -0.1) is 0 Å². The lowest BCUT2D eigenvalue weighted by Gasteiger charge is -2.15. The van der Waals surface area contributed by atoms with Crippen LogP contribution in [0.1, 0.15) is 24.0 Å². The van der Waals surface area contributed by atoms with Gasteiger partial charge in [0.05, 0.1) is 113 Å². The first-order chi connectivity index (χ1) is 30.1. The summed E-state index contributed by atoms with van der Waals surface area (Å²) in [4.78, 5) is 15.1. The quantitative estimate of drug-likeness (QED) is 0.0200. The van der Waals surface area contributed by atoms with Crippen molar-refractivity contribution in [3.05, 3.63) is 73.9 Å². The van der Waals surface area contributed by atoms with E-state index in [4.69, 9.17) is 59.2 Å². The van der Waals surface area contributed by atoms with Crippen LogP contribution in [-0.4, -0.2) is 136 Å². The number of nitrogens with zero attached hydrogens (tertiary/aromatic N) is 1. The third-order valence-corrected chi connectivity index (χ3v) is 11.4. The van der Waals surface area contributed by atoms with Gasteiger partial charge < -0.3 is 69.8 Å². The topological polar surface area (TPSA) is 209 Å². The fraction of sp³-hybridized carbons (Fsp3) is 0.524. The summed E-state index contributed by atoms with van der Waals surface area (Å²) in [5.74, 6) is 2.25. The first kappa shape index (κ1) is 54.7. The number of aliphatic carboxylic acids is 1. The maximum atomic E-state index is 11.1. The van der Waals surface area contributed by atoms with E-state index in [1.54, 1.807) is 0 Å².